The average molecular weight is 275 g/mol. The molecule has 0 aliphatic carbocycles. The Kier molecular flexibility index (Phi) is 3.48. The minimum atomic E-state index is -1.01. The van der Waals surface area contributed by atoms with Crippen molar-refractivity contribution < 1.29 is 14.7 Å². The molecule has 0 saturated carbocycles. The number of hydrogen-bond donors (Lipinski definition) is 2. The molecule has 0 fully saturated rings. The highest BCUT2D eigenvalue weighted by molar-refractivity contribution is 6.04. The predicted octanol–water partition coefficient (Wildman–Crippen LogP) is 1.41. The van der Waals surface area contributed by atoms with E-state index in [4.69, 9.17) is 5.11 Å². The Bertz CT molecular complexity index is 673. The molecule has 6 heteroatoms. The van der Waals surface area contributed by atoms with Crippen LogP contribution >= 0.6 is 0 Å². The first-order valence-corrected chi connectivity index (χ1v) is 6.26. The normalized spacial score (nSPS) is 11.6. The van der Waals surface area contributed by atoms with Gasteiger partial charge in [-0.3, -0.25) is 14.3 Å². The molecule has 2 rings (SSSR count). The molecule has 1 aromatic carbocycles. The van der Waals surface area contributed by atoms with E-state index in [9.17, 15) is 9.59 Å². The number of benzene rings is 1. The van der Waals surface area contributed by atoms with Gasteiger partial charge in [0.05, 0.1) is 10.9 Å². The Morgan fingerprint density at radius 1 is 1.35 bits per heavy atom. The van der Waals surface area contributed by atoms with Gasteiger partial charge in [0.1, 0.15) is 0 Å². The number of aliphatic carboxylic acids is 1. The van der Waals surface area contributed by atoms with Gasteiger partial charge in [-0.1, -0.05) is 18.2 Å². The summed E-state index contributed by atoms with van der Waals surface area (Å²) >= 11 is 0. The van der Waals surface area contributed by atoms with Crippen LogP contribution in [0.5, 0.6) is 0 Å². The van der Waals surface area contributed by atoms with Gasteiger partial charge in [0.15, 0.2) is 5.69 Å². The van der Waals surface area contributed by atoms with Gasteiger partial charge in [0.25, 0.3) is 5.91 Å². The van der Waals surface area contributed by atoms with Crippen molar-refractivity contribution in [2.45, 2.75) is 13.8 Å². The number of nitrogens with one attached hydrogen (secondary N) is 1. The smallest absolute Gasteiger partial charge is 0.310 e. The zero-order chi connectivity index (χ0) is 14.9. The van der Waals surface area contributed by atoms with Crippen LogP contribution in [0.25, 0.3) is 10.9 Å². The molecular formula is C14H17N3O3. The fourth-order valence-corrected chi connectivity index (χ4v) is 1.84. The van der Waals surface area contributed by atoms with Gasteiger partial charge >= 0.3 is 5.97 Å². The summed E-state index contributed by atoms with van der Waals surface area (Å²) in [7, 11) is 1.76. The molecule has 20 heavy (non-hydrogen) atoms. The van der Waals surface area contributed by atoms with Crippen molar-refractivity contribution in [3.8, 4) is 0 Å². The molecule has 0 aliphatic rings. The molecule has 0 atom stereocenters. The minimum Gasteiger partial charge on any atom is -0.481 e. The van der Waals surface area contributed by atoms with Crippen LogP contribution in [0.1, 0.15) is 24.3 Å². The van der Waals surface area contributed by atoms with Gasteiger partial charge in [0, 0.05) is 19.0 Å². The maximum Gasteiger partial charge on any atom is 0.310 e. The Morgan fingerprint density at radius 3 is 2.65 bits per heavy atom. The van der Waals surface area contributed by atoms with Crippen molar-refractivity contribution in [3.05, 3.63) is 30.0 Å². The number of nitrogens with zero attached hydrogens (tertiary/aromatic N) is 2. The summed E-state index contributed by atoms with van der Waals surface area (Å²) in [6, 6.07) is 7.40. The molecule has 2 N–H and O–H groups in total. The van der Waals surface area contributed by atoms with E-state index in [0.29, 0.717) is 5.69 Å². The van der Waals surface area contributed by atoms with E-state index in [1.165, 1.54) is 0 Å². The summed E-state index contributed by atoms with van der Waals surface area (Å²) in [5.74, 6) is -1.32. The lowest BCUT2D eigenvalue weighted by Gasteiger charge is -2.18. The van der Waals surface area contributed by atoms with Crippen molar-refractivity contribution in [2.24, 2.45) is 12.5 Å². The Balaban J connectivity index is 2.23. The fourth-order valence-electron chi connectivity index (χ4n) is 1.84. The minimum absolute atomic E-state index is 0.0477. The summed E-state index contributed by atoms with van der Waals surface area (Å²) in [5, 5.41) is 16.6. The lowest BCUT2D eigenvalue weighted by molar-refractivity contribution is -0.146. The summed E-state index contributed by atoms with van der Waals surface area (Å²) in [6.45, 7) is 3.17. The van der Waals surface area contributed by atoms with Crippen LogP contribution < -0.4 is 5.32 Å². The number of para-hydroxylation sites is 1. The number of aromatic nitrogens is 2. The monoisotopic (exact) mass is 275 g/mol. The number of carboxylic acids is 1. The van der Waals surface area contributed by atoms with E-state index < -0.39 is 11.4 Å². The molecule has 0 aliphatic heterocycles. The third kappa shape index (κ3) is 2.49. The molecule has 0 bridgehead atoms. The molecule has 2 aromatic rings. The molecule has 0 spiro atoms. The van der Waals surface area contributed by atoms with Gasteiger partial charge in [-0.15, -0.1) is 0 Å². The Hall–Kier alpha value is -2.37. The second kappa shape index (κ2) is 4.96. The van der Waals surface area contributed by atoms with Crippen LogP contribution in [-0.4, -0.2) is 33.3 Å². The molecule has 106 valence electrons. The fraction of sp³-hybridized carbons (Fsp3) is 0.357. The SMILES string of the molecule is Cn1nc(C(=O)NCC(C)(C)C(=O)O)c2ccccc21. The van der Waals surface area contributed by atoms with E-state index in [2.05, 4.69) is 10.4 Å². The van der Waals surface area contributed by atoms with Crippen LogP contribution in [0.3, 0.4) is 0 Å². The predicted molar refractivity (Wildman–Crippen MR) is 74.5 cm³/mol. The Labute approximate surface area is 116 Å². The van der Waals surface area contributed by atoms with Crippen molar-refractivity contribution in [1.29, 1.82) is 0 Å². The second-order valence-electron chi connectivity index (χ2n) is 5.36. The van der Waals surface area contributed by atoms with Crippen LogP contribution in [-0.2, 0) is 11.8 Å². The first-order chi connectivity index (χ1) is 9.33. The number of rotatable bonds is 4. The lowest BCUT2D eigenvalue weighted by atomic mass is 9.94. The van der Waals surface area contributed by atoms with Crippen molar-refractivity contribution in [3.63, 3.8) is 0 Å². The third-order valence-corrected chi connectivity index (χ3v) is 3.24. The number of carbonyl (C=O) groups is 2. The van der Waals surface area contributed by atoms with Gasteiger partial charge < -0.3 is 10.4 Å². The topological polar surface area (TPSA) is 84.2 Å². The van der Waals surface area contributed by atoms with Gasteiger partial charge in [-0.05, 0) is 19.9 Å². The first-order valence-electron chi connectivity index (χ1n) is 6.26. The van der Waals surface area contributed by atoms with E-state index in [0.717, 1.165) is 10.9 Å². The molecular weight excluding hydrogens is 258 g/mol. The van der Waals surface area contributed by atoms with Crippen LogP contribution in [0.15, 0.2) is 24.3 Å². The summed E-state index contributed by atoms with van der Waals surface area (Å²) in [6.07, 6.45) is 0. The zero-order valence-electron chi connectivity index (χ0n) is 11.7. The lowest BCUT2D eigenvalue weighted by Crippen LogP contribution is -2.39. The summed E-state index contributed by atoms with van der Waals surface area (Å²) in [4.78, 5) is 23.2. The average Bonchev–Trinajstić information content (AvgIpc) is 2.74. The molecule has 0 radical (unpaired) electrons. The van der Waals surface area contributed by atoms with E-state index in [1.807, 2.05) is 24.3 Å². The van der Waals surface area contributed by atoms with Crippen LogP contribution in [0.2, 0.25) is 0 Å². The van der Waals surface area contributed by atoms with Crippen molar-refractivity contribution in [1.82, 2.24) is 15.1 Å². The number of amides is 1. The van der Waals surface area contributed by atoms with Crippen molar-refractivity contribution >= 4 is 22.8 Å². The molecule has 1 amide bonds. The van der Waals surface area contributed by atoms with E-state index in [-0.39, 0.29) is 12.5 Å². The Morgan fingerprint density at radius 2 is 2.00 bits per heavy atom. The molecule has 0 unspecified atom stereocenters. The molecule has 0 saturated heterocycles. The van der Waals surface area contributed by atoms with Gasteiger partial charge in [-0.2, -0.15) is 5.10 Å². The molecule has 6 nitrogen and oxygen atoms in total. The third-order valence-electron chi connectivity index (χ3n) is 3.24. The largest absolute Gasteiger partial charge is 0.481 e. The standard InChI is InChI=1S/C14H17N3O3/c1-14(2,13(19)20)8-15-12(18)11-9-6-4-5-7-10(9)17(3)16-11/h4-7H,8H2,1-3H3,(H,15,18)(H,19,20). The number of carboxylic acid groups (broad SMARTS) is 1. The maximum absolute atomic E-state index is 12.2. The number of aryl methyl sites for hydroxylation is 1. The number of hydrogen-bond acceptors (Lipinski definition) is 3. The zero-order valence-corrected chi connectivity index (χ0v) is 11.7. The highest BCUT2D eigenvalue weighted by Gasteiger charge is 2.28. The molecule has 1 heterocycles. The van der Waals surface area contributed by atoms with Crippen molar-refractivity contribution in [2.75, 3.05) is 6.54 Å². The summed E-state index contributed by atoms with van der Waals surface area (Å²) < 4.78 is 1.63. The van der Waals surface area contributed by atoms with Gasteiger partial charge in [0.2, 0.25) is 0 Å². The molecule has 1 aromatic heterocycles. The van der Waals surface area contributed by atoms with Crippen LogP contribution in [0, 0.1) is 5.41 Å². The van der Waals surface area contributed by atoms with Crippen LogP contribution in [0.4, 0.5) is 0 Å². The van der Waals surface area contributed by atoms with E-state index in [1.54, 1.807) is 25.6 Å². The number of fused-ring (bicyclic) bond motifs is 1. The summed E-state index contributed by atoms with van der Waals surface area (Å²) in [5.41, 5.74) is 0.152. The van der Waals surface area contributed by atoms with Gasteiger partial charge in [-0.25, -0.2) is 0 Å². The number of carbonyl (C=O) groups excluding carboxylic acids is 1. The maximum atomic E-state index is 12.2. The first kappa shape index (κ1) is 14.0. The van der Waals surface area contributed by atoms with E-state index >= 15 is 0 Å². The highest BCUT2D eigenvalue weighted by Crippen LogP contribution is 2.18. The quantitative estimate of drug-likeness (QED) is 0.883. The highest BCUT2D eigenvalue weighted by atomic mass is 16.4. The second-order valence-corrected chi connectivity index (χ2v) is 5.36.